The first-order chi connectivity index (χ1) is 13.9. The van der Waals surface area contributed by atoms with Gasteiger partial charge in [0.05, 0.1) is 10.0 Å². The van der Waals surface area contributed by atoms with Crippen LogP contribution in [0, 0.1) is 5.92 Å². The van der Waals surface area contributed by atoms with E-state index in [2.05, 4.69) is 33.9 Å². The molecule has 0 bridgehead atoms. The molecule has 1 atom stereocenters. The minimum Gasteiger partial charge on any atom is -0.348 e. The van der Waals surface area contributed by atoms with Gasteiger partial charge in [-0.3, -0.25) is 19.6 Å². The first-order valence-corrected chi connectivity index (χ1v) is 10.8. The highest BCUT2D eigenvalue weighted by Gasteiger charge is 2.23. The first-order valence-electron chi connectivity index (χ1n) is 10.0. The summed E-state index contributed by atoms with van der Waals surface area (Å²) in [4.78, 5) is 21.4. The molecule has 3 rings (SSSR count). The van der Waals surface area contributed by atoms with E-state index < -0.39 is 0 Å². The number of hydrogen-bond acceptors (Lipinski definition) is 4. The molecule has 2 aromatic rings. The summed E-state index contributed by atoms with van der Waals surface area (Å²) in [5.74, 6) is 0.319. The molecule has 1 saturated heterocycles. The molecule has 1 aromatic heterocycles. The molecule has 2 heterocycles. The molecule has 1 aliphatic rings. The number of aromatic nitrogens is 1. The van der Waals surface area contributed by atoms with Crippen LogP contribution in [0.3, 0.4) is 0 Å². The molecule has 5 nitrogen and oxygen atoms in total. The number of carbonyl (C=O) groups is 1. The molecular formula is C22H30Cl4N4O. The summed E-state index contributed by atoms with van der Waals surface area (Å²) < 4.78 is 0. The van der Waals surface area contributed by atoms with E-state index in [1.165, 1.54) is 5.56 Å². The number of rotatable bonds is 7. The highest BCUT2D eigenvalue weighted by atomic mass is 35.5. The molecule has 0 spiro atoms. The van der Waals surface area contributed by atoms with E-state index in [0.29, 0.717) is 21.5 Å². The average Bonchev–Trinajstić information content (AvgIpc) is 2.72. The summed E-state index contributed by atoms with van der Waals surface area (Å²) in [6.45, 7) is 9.97. The van der Waals surface area contributed by atoms with Crippen molar-refractivity contribution in [2.75, 3.05) is 32.7 Å². The van der Waals surface area contributed by atoms with Gasteiger partial charge in [0.2, 0.25) is 0 Å². The van der Waals surface area contributed by atoms with E-state index in [-0.39, 0.29) is 36.8 Å². The Kier molecular flexibility index (Phi) is 12.1. The molecule has 1 unspecified atom stereocenters. The average molecular weight is 508 g/mol. The van der Waals surface area contributed by atoms with Gasteiger partial charge in [0, 0.05) is 63.3 Å². The number of piperazine rings is 1. The Bertz CT molecular complexity index is 814. The Morgan fingerprint density at radius 3 is 2.19 bits per heavy atom. The molecule has 0 saturated carbocycles. The smallest absolute Gasteiger partial charge is 0.251 e. The Morgan fingerprint density at radius 1 is 1.00 bits per heavy atom. The Morgan fingerprint density at radius 2 is 1.61 bits per heavy atom. The SMILES string of the molecule is CC(C)C(CN1CCN(Cc2ccc(Cl)c(Cl)c2)CC1)NC(=O)c1ccncc1.Cl.Cl. The Hall–Kier alpha value is -1.08. The van der Waals surface area contributed by atoms with Gasteiger partial charge in [-0.1, -0.05) is 43.1 Å². The largest absolute Gasteiger partial charge is 0.348 e. The van der Waals surface area contributed by atoms with E-state index in [1.54, 1.807) is 24.5 Å². The lowest BCUT2D eigenvalue weighted by Gasteiger charge is -2.37. The van der Waals surface area contributed by atoms with Crippen LogP contribution in [-0.2, 0) is 6.54 Å². The topological polar surface area (TPSA) is 48.5 Å². The van der Waals surface area contributed by atoms with Gasteiger partial charge in [0.15, 0.2) is 0 Å². The van der Waals surface area contributed by atoms with Gasteiger partial charge < -0.3 is 5.32 Å². The molecule has 1 aliphatic heterocycles. The van der Waals surface area contributed by atoms with Crippen molar-refractivity contribution in [3.8, 4) is 0 Å². The van der Waals surface area contributed by atoms with Gasteiger partial charge in [0.25, 0.3) is 5.91 Å². The zero-order valence-corrected chi connectivity index (χ0v) is 20.9. The molecule has 1 aromatic carbocycles. The molecule has 0 aliphatic carbocycles. The summed E-state index contributed by atoms with van der Waals surface area (Å²) >= 11 is 12.1. The molecule has 1 fully saturated rings. The lowest BCUT2D eigenvalue weighted by molar-refractivity contribution is 0.0862. The number of nitrogens with zero attached hydrogens (tertiary/aromatic N) is 3. The summed E-state index contributed by atoms with van der Waals surface area (Å²) in [6.07, 6.45) is 3.29. The number of amides is 1. The van der Waals surface area contributed by atoms with Crippen molar-refractivity contribution in [1.82, 2.24) is 20.1 Å². The van der Waals surface area contributed by atoms with Gasteiger partial charge in [-0.05, 0) is 35.7 Å². The predicted octanol–water partition coefficient (Wildman–Crippen LogP) is 4.80. The molecule has 1 N–H and O–H groups in total. The van der Waals surface area contributed by atoms with Crippen LogP contribution >= 0.6 is 48.0 Å². The molecule has 0 radical (unpaired) electrons. The second-order valence-corrected chi connectivity index (χ2v) is 8.70. The number of pyridine rings is 1. The zero-order chi connectivity index (χ0) is 20.8. The monoisotopic (exact) mass is 506 g/mol. The van der Waals surface area contributed by atoms with Gasteiger partial charge in [-0.15, -0.1) is 24.8 Å². The number of halogens is 4. The second kappa shape index (κ2) is 13.5. The van der Waals surface area contributed by atoms with Crippen LogP contribution < -0.4 is 5.32 Å². The third-order valence-corrected chi connectivity index (χ3v) is 6.11. The standard InChI is InChI=1S/C22H28Cl2N4O.2ClH/c1-16(2)21(26-22(29)18-5-7-25-8-6-18)15-28-11-9-27(10-12-28)14-17-3-4-19(23)20(24)13-17;;/h3-8,13,16,21H,9-12,14-15H2,1-2H3,(H,26,29);2*1H. The van der Waals surface area contributed by atoms with Gasteiger partial charge >= 0.3 is 0 Å². The van der Waals surface area contributed by atoms with E-state index in [4.69, 9.17) is 23.2 Å². The minimum absolute atomic E-state index is 0. The van der Waals surface area contributed by atoms with Crippen LogP contribution in [0.15, 0.2) is 42.7 Å². The van der Waals surface area contributed by atoms with E-state index in [1.807, 2.05) is 18.2 Å². The molecule has 9 heteroatoms. The zero-order valence-electron chi connectivity index (χ0n) is 17.8. The normalized spacial score (nSPS) is 15.6. The van der Waals surface area contributed by atoms with Crippen LogP contribution in [0.2, 0.25) is 10.0 Å². The van der Waals surface area contributed by atoms with Crippen molar-refractivity contribution < 1.29 is 4.79 Å². The van der Waals surface area contributed by atoms with Crippen molar-refractivity contribution in [3.05, 3.63) is 63.9 Å². The van der Waals surface area contributed by atoms with Crippen LogP contribution in [0.1, 0.15) is 29.8 Å². The van der Waals surface area contributed by atoms with Gasteiger partial charge in [-0.2, -0.15) is 0 Å². The third-order valence-electron chi connectivity index (χ3n) is 5.37. The summed E-state index contributed by atoms with van der Waals surface area (Å²) in [7, 11) is 0. The number of nitrogens with one attached hydrogen (secondary N) is 1. The fourth-order valence-corrected chi connectivity index (χ4v) is 3.80. The maximum Gasteiger partial charge on any atom is 0.251 e. The Balaban J connectivity index is 0.00000240. The summed E-state index contributed by atoms with van der Waals surface area (Å²) in [6, 6.07) is 9.43. The van der Waals surface area contributed by atoms with Gasteiger partial charge in [0.1, 0.15) is 0 Å². The molecular weight excluding hydrogens is 478 g/mol. The molecule has 31 heavy (non-hydrogen) atoms. The maximum atomic E-state index is 12.5. The predicted molar refractivity (Wildman–Crippen MR) is 133 cm³/mol. The lowest BCUT2D eigenvalue weighted by Crippen LogP contribution is -2.52. The fourth-order valence-electron chi connectivity index (χ4n) is 3.48. The van der Waals surface area contributed by atoms with Crippen LogP contribution in [-0.4, -0.2) is 59.5 Å². The minimum atomic E-state index is -0.0376. The van der Waals surface area contributed by atoms with Crippen LogP contribution in [0.4, 0.5) is 0 Å². The summed E-state index contributed by atoms with van der Waals surface area (Å²) in [5, 5.41) is 4.39. The van der Waals surface area contributed by atoms with Gasteiger partial charge in [-0.25, -0.2) is 0 Å². The van der Waals surface area contributed by atoms with E-state index >= 15 is 0 Å². The highest BCUT2D eigenvalue weighted by Crippen LogP contribution is 2.23. The molecule has 172 valence electrons. The second-order valence-electron chi connectivity index (χ2n) is 7.89. The first kappa shape index (κ1) is 28.0. The summed E-state index contributed by atoms with van der Waals surface area (Å²) in [5.41, 5.74) is 1.83. The quantitative estimate of drug-likeness (QED) is 0.584. The lowest BCUT2D eigenvalue weighted by atomic mass is 10.0. The maximum absolute atomic E-state index is 12.5. The van der Waals surface area contributed by atoms with Crippen molar-refractivity contribution in [1.29, 1.82) is 0 Å². The van der Waals surface area contributed by atoms with Crippen molar-refractivity contribution >= 4 is 53.9 Å². The Labute approximate surface area is 207 Å². The number of hydrogen-bond donors (Lipinski definition) is 1. The van der Waals surface area contributed by atoms with Crippen LogP contribution in [0.25, 0.3) is 0 Å². The van der Waals surface area contributed by atoms with Crippen molar-refractivity contribution in [3.63, 3.8) is 0 Å². The highest BCUT2D eigenvalue weighted by molar-refractivity contribution is 6.42. The molecule has 1 amide bonds. The van der Waals surface area contributed by atoms with E-state index in [9.17, 15) is 4.79 Å². The third kappa shape index (κ3) is 8.41. The fraction of sp³-hybridized carbons (Fsp3) is 0.455. The number of benzene rings is 1. The van der Waals surface area contributed by atoms with Crippen molar-refractivity contribution in [2.24, 2.45) is 5.92 Å². The van der Waals surface area contributed by atoms with E-state index in [0.717, 1.165) is 39.3 Å². The van der Waals surface area contributed by atoms with Crippen molar-refractivity contribution in [2.45, 2.75) is 26.4 Å². The number of carbonyl (C=O) groups excluding carboxylic acids is 1. The van der Waals surface area contributed by atoms with Crippen LogP contribution in [0.5, 0.6) is 0 Å².